The monoisotopic (exact) mass is 272 g/mol. The minimum atomic E-state index is -0.0682. The number of rotatable bonds is 1. The Kier molecular flexibility index (Phi) is 2.57. The van der Waals surface area contributed by atoms with Gasteiger partial charge < -0.3 is 0 Å². The first-order chi connectivity index (χ1) is 10.3. The summed E-state index contributed by atoms with van der Waals surface area (Å²) in [6.07, 6.45) is 1.60. The van der Waals surface area contributed by atoms with Gasteiger partial charge in [0.05, 0.1) is 11.4 Å². The van der Waals surface area contributed by atoms with E-state index in [1.54, 1.807) is 11.2 Å². The van der Waals surface area contributed by atoms with Crippen molar-refractivity contribution in [2.24, 2.45) is 4.99 Å². The molecule has 0 bridgehead atoms. The van der Waals surface area contributed by atoms with Gasteiger partial charge in [-0.05, 0) is 29.7 Å². The van der Waals surface area contributed by atoms with Crippen LogP contribution in [0.5, 0.6) is 0 Å². The van der Waals surface area contributed by atoms with E-state index in [9.17, 15) is 4.79 Å². The number of carbonyl (C=O) groups excluding carboxylic acids is 1. The number of hydrogen-bond donors (Lipinski definition) is 0. The first kappa shape index (κ1) is 11.9. The lowest BCUT2D eigenvalue weighted by Crippen LogP contribution is -2.30. The lowest BCUT2D eigenvalue weighted by atomic mass is 10.0. The van der Waals surface area contributed by atoms with Crippen molar-refractivity contribution in [3.63, 3.8) is 0 Å². The Morgan fingerprint density at radius 3 is 2.43 bits per heavy atom. The number of hydrogen-bond acceptors (Lipinski definition) is 2. The molecule has 21 heavy (non-hydrogen) atoms. The molecule has 0 fully saturated rings. The molecule has 3 heteroatoms. The van der Waals surface area contributed by atoms with Gasteiger partial charge in [-0.2, -0.15) is 0 Å². The highest BCUT2D eigenvalue weighted by atomic mass is 16.2. The van der Waals surface area contributed by atoms with Gasteiger partial charge in [0.25, 0.3) is 5.91 Å². The molecule has 3 aromatic rings. The van der Waals surface area contributed by atoms with Crippen LogP contribution < -0.4 is 4.90 Å². The van der Waals surface area contributed by atoms with E-state index in [1.807, 2.05) is 66.7 Å². The van der Waals surface area contributed by atoms with Crippen molar-refractivity contribution in [3.8, 4) is 0 Å². The molecule has 4 rings (SSSR count). The average Bonchev–Trinajstić information content (AvgIpc) is 2.56. The average molecular weight is 272 g/mol. The predicted octanol–water partition coefficient (Wildman–Crippen LogP) is 4.16. The fourth-order valence-electron chi connectivity index (χ4n) is 2.67. The van der Waals surface area contributed by atoms with Gasteiger partial charge in [0.2, 0.25) is 0 Å². The summed E-state index contributed by atoms with van der Waals surface area (Å²) in [4.78, 5) is 18.7. The zero-order valence-electron chi connectivity index (χ0n) is 11.2. The van der Waals surface area contributed by atoms with Crippen LogP contribution in [0.3, 0.4) is 0 Å². The summed E-state index contributed by atoms with van der Waals surface area (Å²) in [6.45, 7) is 0. The molecule has 1 aliphatic heterocycles. The standard InChI is InChI=1S/C18H12N2O/c21-18(14-6-2-1-3-7-14)20-12-19-15-10-4-8-13-9-5-11-16(20)17(13)15/h1-12H. The normalized spacial score (nSPS) is 12.7. The van der Waals surface area contributed by atoms with Crippen molar-refractivity contribution in [1.82, 2.24) is 0 Å². The van der Waals surface area contributed by atoms with Gasteiger partial charge in [-0.25, -0.2) is 4.99 Å². The van der Waals surface area contributed by atoms with Crippen LogP contribution in [0, 0.1) is 0 Å². The Morgan fingerprint density at radius 1 is 0.857 bits per heavy atom. The Hall–Kier alpha value is -2.94. The molecule has 0 atom stereocenters. The Balaban J connectivity index is 1.89. The van der Waals surface area contributed by atoms with Gasteiger partial charge in [0.1, 0.15) is 6.34 Å². The lowest BCUT2D eigenvalue weighted by Gasteiger charge is -2.23. The molecule has 0 spiro atoms. The third-order valence-corrected chi connectivity index (χ3v) is 3.67. The molecule has 100 valence electrons. The number of carbonyl (C=O) groups is 1. The Bertz CT molecular complexity index is 864. The highest BCUT2D eigenvalue weighted by Crippen LogP contribution is 2.37. The van der Waals surface area contributed by atoms with Crippen LogP contribution in [0.1, 0.15) is 10.4 Å². The van der Waals surface area contributed by atoms with Crippen molar-refractivity contribution in [1.29, 1.82) is 0 Å². The SMILES string of the molecule is O=C(c1ccccc1)N1C=Nc2cccc3cccc1c23. The minimum absolute atomic E-state index is 0.0682. The molecule has 1 amide bonds. The van der Waals surface area contributed by atoms with Gasteiger partial charge in [-0.15, -0.1) is 0 Å². The molecule has 1 heterocycles. The summed E-state index contributed by atoms with van der Waals surface area (Å²) in [5.74, 6) is -0.0682. The number of amides is 1. The van der Waals surface area contributed by atoms with E-state index in [-0.39, 0.29) is 5.91 Å². The summed E-state index contributed by atoms with van der Waals surface area (Å²) in [6, 6.07) is 21.2. The first-order valence-electron chi connectivity index (χ1n) is 6.79. The van der Waals surface area contributed by atoms with Gasteiger partial charge in [0, 0.05) is 10.9 Å². The second-order valence-corrected chi connectivity index (χ2v) is 4.94. The Morgan fingerprint density at radius 2 is 1.62 bits per heavy atom. The maximum atomic E-state index is 12.7. The maximum Gasteiger partial charge on any atom is 0.263 e. The van der Waals surface area contributed by atoms with Crippen LogP contribution in [0.2, 0.25) is 0 Å². The molecule has 0 aliphatic carbocycles. The molecule has 3 nitrogen and oxygen atoms in total. The van der Waals surface area contributed by atoms with Gasteiger partial charge in [0.15, 0.2) is 0 Å². The van der Waals surface area contributed by atoms with Gasteiger partial charge in [-0.1, -0.05) is 42.5 Å². The molecule has 0 unspecified atom stereocenters. The van der Waals surface area contributed by atoms with Crippen molar-refractivity contribution >= 4 is 34.4 Å². The van der Waals surface area contributed by atoms with Crippen LogP contribution in [-0.4, -0.2) is 12.2 Å². The van der Waals surface area contributed by atoms with Crippen molar-refractivity contribution in [2.45, 2.75) is 0 Å². The second-order valence-electron chi connectivity index (χ2n) is 4.94. The van der Waals surface area contributed by atoms with Crippen LogP contribution in [-0.2, 0) is 0 Å². The molecule has 1 aliphatic rings. The number of anilines is 1. The zero-order valence-corrected chi connectivity index (χ0v) is 11.2. The Labute approximate surface area is 122 Å². The number of benzene rings is 3. The van der Waals surface area contributed by atoms with Gasteiger partial charge >= 0.3 is 0 Å². The third kappa shape index (κ3) is 1.82. The second kappa shape index (κ2) is 4.56. The van der Waals surface area contributed by atoms with Crippen LogP contribution in [0.25, 0.3) is 10.8 Å². The largest absolute Gasteiger partial charge is 0.268 e. The van der Waals surface area contributed by atoms with E-state index in [0.29, 0.717) is 5.56 Å². The lowest BCUT2D eigenvalue weighted by molar-refractivity contribution is 0.100. The van der Waals surface area contributed by atoms with Crippen molar-refractivity contribution < 1.29 is 4.79 Å². The molecule has 3 aromatic carbocycles. The highest BCUT2D eigenvalue weighted by molar-refractivity contribution is 6.23. The third-order valence-electron chi connectivity index (χ3n) is 3.67. The molecular weight excluding hydrogens is 260 g/mol. The predicted molar refractivity (Wildman–Crippen MR) is 85.4 cm³/mol. The first-order valence-corrected chi connectivity index (χ1v) is 6.79. The van der Waals surface area contributed by atoms with E-state index in [0.717, 1.165) is 22.1 Å². The van der Waals surface area contributed by atoms with E-state index in [4.69, 9.17) is 0 Å². The molecular formula is C18H12N2O. The summed E-state index contributed by atoms with van der Waals surface area (Å²) in [5, 5.41) is 2.11. The molecule has 0 saturated heterocycles. The highest BCUT2D eigenvalue weighted by Gasteiger charge is 2.22. The summed E-state index contributed by atoms with van der Waals surface area (Å²) >= 11 is 0. The van der Waals surface area contributed by atoms with Gasteiger partial charge in [-0.3, -0.25) is 9.69 Å². The number of aliphatic imine (C=N–C) groups is 1. The molecule has 0 aromatic heterocycles. The van der Waals surface area contributed by atoms with Crippen LogP contribution in [0.4, 0.5) is 11.4 Å². The molecule has 0 saturated carbocycles. The summed E-state index contributed by atoms with van der Waals surface area (Å²) < 4.78 is 0. The maximum absolute atomic E-state index is 12.7. The molecule has 0 N–H and O–H groups in total. The smallest absolute Gasteiger partial charge is 0.263 e. The van der Waals surface area contributed by atoms with Crippen LogP contribution in [0.15, 0.2) is 71.7 Å². The van der Waals surface area contributed by atoms with Crippen molar-refractivity contribution in [2.75, 3.05) is 4.90 Å². The minimum Gasteiger partial charge on any atom is -0.268 e. The topological polar surface area (TPSA) is 32.7 Å². The zero-order chi connectivity index (χ0) is 14.2. The van der Waals surface area contributed by atoms with E-state index in [1.165, 1.54) is 0 Å². The van der Waals surface area contributed by atoms with E-state index >= 15 is 0 Å². The summed E-state index contributed by atoms with van der Waals surface area (Å²) in [7, 11) is 0. The fraction of sp³-hybridized carbons (Fsp3) is 0. The van der Waals surface area contributed by atoms with E-state index < -0.39 is 0 Å². The summed E-state index contributed by atoms with van der Waals surface area (Å²) in [5.41, 5.74) is 2.44. The fourth-order valence-corrected chi connectivity index (χ4v) is 2.67. The molecule has 0 radical (unpaired) electrons. The number of nitrogens with zero attached hydrogens (tertiary/aromatic N) is 2. The van der Waals surface area contributed by atoms with Crippen LogP contribution >= 0.6 is 0 Å². The van der Waals surface area contributed by atoms with Crippen molar-refractivity contribution in [3.05, 3.63) is 72.3 Å². The van der Waals surface area contributed by atoms with E-state index in [2.05, 4.69) is 4.99 Å². The quantitative estimate of drug-likeness (QED) is 0.654.